The molecule has 0 bridgehead atoms. The van der Waals surface area contributed by atoms with E-state index in [1.54, 1.807) is 20.8 Å². The van der Waals surface area contributed by atoms with Crippen LogP contribution in [0.25, 0.3) is 0 Å². The molecule has 0 aliphatic carbocycles. The summed E-state index contributed by atoms with van der Waals surface area (Å²) in [5.74, 6) is 0.255. The van der Waals surface area contributed by atoms with Crippen molar-refractivity contribution in [1.82, 2.24) is 4.90 Å². The van der Waals surface area contributed by atoms with Gasteiger partial charge in [0.15, 0.2) is 9.84 Å². The third kappa shape index (κ3) is 4.34. The number of nitrogens with two attached hydrogens (primary N) is 1. The summed E-state index contributed by atoms with van der Waals surface area (Å²) in [6, 6.07) is 0. The maximum atomic E-state index is 12.1. The van der Waals surface area contributed by atoms with Crippen molar-refractivity contribution < 1.29 is 8.42 Å². The molecule has 0 radical (unpaired) electrons. The molecule has 1 aliphatic rings. The first-order chi connectivity index (χ1) is 8.66. The summed E-state index contributed by atoms with van der Waals surface area (Å²) in [7, 11) is -3.01. The van der Waals surface area contributed by atoms with E-state index in [4.69, 9.17) is 5.73 Å². The number of rotatable bonds is 5. The van der Waals surface area contributed by atoms with Crippen LogP contribution in [0.3, 0.4) is 0 Å². The molecule has 4 nitrogen and oxygen atoms in total. The van der Waals surface area contributed by atoms with Crippen LogP contribution in [0.4, 0.5) is 0 Å². The third-order valence-corrected chi connectivity index (χ3v) is 8.21. The molecule has 1 saturated heterocycles. The Kier molecular flexibility index (Phi) is 5.75. The van der Waals surface area contributed by atoms with Gasteiger partial charge in [0.05, 0.1) is 10.5 Å². The third-order valence-electron chi connectivity index (χ3n) is 4.18. The lowest BCUT2D eigenvalue weighted by Gasteiger charge is -2.40. The second-order valence-corrected chi connectivity index (χ2v) is 10.5. The van der Waals surface area contributed by atoms with Gasteiger partial charge < -0.3 is 10.6 Å². The molecule has 0 unspecified atom stereocenters. The number of hydrogen-bond donors (Lipinski definition) is 1. The van der Waals surface area contributed by atoms with Gasteiger partial charge >= 0.3 is 0 Å². The van der Waals surface area contributed by atoms with Crippen LogP contribution in [0, 0.1) is 0 Å². The summed E-state index contributed by atoms with van der Waals surface area (Å²) in [6.07, 6.45) is 4.23. The minimum Gasteiger partial charge on any atom is -0.329 e. The van der Waals surface area contributed by atoms with Crippen molar-refractivity contribution in [2.45, 2.75) is 43.1 Å². The zero-order chi connectivity index (χ0) is 14.7. The summed E-state index contributed by atoms with van der Waals surface area (Å²) >= 11 is 1.85. The SMILES string of the molecule is CSC1(CN)CCN(CCS(=O)(=O)C(C)(C)C)CC1. The molecule has 0 saturated carbocycles. The van der Waals surface area contributed by atoms with Crippen molar-refractivity contribution >= 4 is 21.6 Å². The van der Waals surface area contributed by atoms with Gasteiger partial charge in [0.25, 0.3) is 0 Å². The highest BCUT2D eigenvalue weighted by Crippen LogP contribution is 2.33. The van der Waals surface area contributed by atoms with Gasteiger partial charge in [-0.1, -0.05) is 0 Å². The lowest BCUT2D eigenvalue weighted by atomic mass is 9.96. The van der Waals surface area contributed by atoms with Gasteiger partial charge in [0.1, 0.15) is 0 Å². The van der Waals surface area contributed by atoms with E-state index in [1.165, 1.54) is 0 Å². The highest BCUT2D eigenvalue weighted by Gasteiger charge is 2.34. The Labute approximate surface area is 122 Å². The average Bonchev–Trinajstić information content (AvgIpc) is 2.36. The zero-order valence-corrected chi connectivity index (χ0v) is 14.2. The topological polar surface area (TPSA) is 63.4 Å². The molecular formula is C13H28N2O2S2. The number of piperidine rings is 1. The molecule has 0 aromatic rings. The van der Waals surface area contributed by atoms with E-state index in [0.717, 1.165) is 25.9 Å². The number of sulfone groups is 1. The van der Waals surface area contributed by atoms with E-state index in [9.17, 15) is 8.42 Å². The highest BCUT2D eigenvalue weighted by molar-refractivity contribution is 8.00. The first-order valence-electron chi connectivity index (χ1n) is 6.86. The zero-order valence-electron chi connectivity index (χ0n) is 12.6. The Bertz CT molecular complexity index is 374. The smallest absolute Gasteiger partial charge is 0.156 e. The molecule has 0 amide bonds. The lowest BCUT2D eigenvalue weighted by Crippen LogP contribution is -2.48. The second kappa shape index (κ2) is 6.33. The highest BCUT2D eigenvalue weighted by atomic mass is 32.2. The molecule has 1 heterocycles. The largest absolute Gasteiger partial charge is 0.329 e. The normalized spacial score (nSPS) is 21.5. The first-order valence-corrected chi connectivity index (χ1v) is 9.73. The van der Waals surface area contributed by atoms with Crippen LogP contribution in [-0.4, -0.2) is 61.0 Å². The van der Waals surface area contributed by atoms with E-state index < -0.39 is 14.6 Å². The van der Waals surface area contributed by atoms with Crippen LogP contribution in [0.15, 0.2) is 0 Å². The van der Waals surface area contributed by atoms with Crippen molar-refractivity contribution in [3.05, 3.63) is 0 Å². The number of likely N-dealkylation sites (tertiary alicyclic amines) is 1. The predicted molar refractivity (Wildman–Crippen MR) is 84.5 cm³/mol. The maximum Gasteiger partial charge on any atom is 0.156 e. The quantitative estimate of drug-likeness (QED) is 0.831. The standard InChI is InChI=1S/C13H28N2O2S2/c1-12(2,3)19(16,17)10-9-15-7-5-13(11-14,18-4)6-8-15/h5-11,14H2,1-4H3. The molecule has 1 fully saturated rings. The minimum absolute atomic E-state index is 0.208. The molecule has 0 aromatic heterocycles. The summed E-state index contributed by atoms with van der Waals surface area (Å²) in [5.41, 5.74) is 5.86. The number of thioether (sulfide) groups is 1. The molecular weight excluding hydrogens is 280 g/mol. The summed E-state index contributed by atoms with van der Waals surface area (Å²) in [4.78, 5) is 2.26. The van der Waals surface area contributed by atoms with E-state index in [1.807, 2.05) is 11.8 Å². The lowest BCUT2D eigenvalue weighted by molar-refractivity contribution is 0.212. The van der Waals surface area contributed by atoms with E-state index >= 15 is 0 Å². The Morgan fingerprint density at radius 1 is 1.26 bits per heavy atom. The van der Waals surface area contributed by atoms with Gasteiger partial charge in [0.2, 0.25) is 0 Å². The molecule has 19 heavy (non-hydrogen) atoms. The van der Waals surface area contributed by atoms with Gasteiger partial charge in [0, 0.05) is 17.8 Å². The molecule has 1 aliphatic heterocycles. The van der Waals surface area contributed by atoms with Crippen molar-refractivity contribution in [3.8, 4) is 0 Å². The van der Waals surface area contributed by atoms with Gasteiger partial charge in [-0.2, -0.15) is 11.8 Å². The van der Waals surface area contributed by atoms with Gasteiger partial charge in [-0.05, 0) is 53.0 Å². The predicted octanol–water partition coefficient (Wildman–Crippen LogP) is 1.36. The van der Waals surface area contributed by atoms with E-state index in [2.05, 4.69) is 11.2 Å². The van der Waals surface area contributed by atoms with Crippen molar-refractivity contribution in [2.24, 2.45) is 5.73 Å². The van der Waals surface area contributed by atoms with Crippen LogP contribution >= 0.6 is 11.8 Å². The number of nitrogens with zero attached hydrogens (tertiary/aromatic N) is 1. The first kappa shape index (κ1) is 17.3. The van der Waals surface area contributed by atoms with Crippen LogP contribution < -0.4 is 5.73 Å². The van der Waals surface area contributed by atoms with E-state index in [-0.39, 0.29) is 10.5 Å². The Hall–Kier alpha value is 0.220. The fourth-order valence-electron chi connectivity index (χ4n) is 2.23. The number of hydrogen-bond acceptors (Lipinski definition) is 5. The molecule has 6 heteroatoms. The van der Waals surface area contributed by atoms with Crippen LogP contribution in [0.1, 0.15) is 33.6 Å². The molecule has 0 atom stereocenters. The van der Waals surface area contributed by atoms with Crippen LogP contribution in [-0.2, 0) is 9.84 Å². The Morgan fingerprint density at radius 3 is 2.16 bits per heavy atom. The molecule has 1 rings (SSSR count). The molecule has 114 valence electrons. The van der Waals surface area contributed by atoms with Crippen LogP contribution in [0.5, 0.6) is 0 Å². The van der Waals surface area contributed by atoms with Gasteiger partial charge in [-0.3, -0.25) is 0 Å². The minimum atomic E-state index is -3.01. The fourth-order valence-corrected chi connectivity index (χ4v) is 4.10. The molecule has 0 spiro atoms. The maximum absolute atomic E-state index is 12.1. The van der Waals surface area contributed by atoms with Gasteiger partial charge in [-0.15, -0.1) is 0 Å². The molecule has 2 N–H and O–H groups in total. The Balaban J connectivity index is 2.47. The van der Waals surface area contributed by atoms with Crippen molar-refractivity contribution in [1.29, 1.82) is 0 Å². The fraction of sp³-hybridized carbons (Fsp3) is 1.00. The van der Waals surface area contributed by atoms with E-state index in [0.29, 0.717) is 13.1 Å². The molecule has 0 aromatic carbocycles. The summed E-state index contributed by atoms with van der Waals surface area (Å²) in [5, 5.41) is 0. The average molecular weight is 309 g/mol. The van der Waals surface area contributed by atoms with Crippen LogP contribution in [0.2, 0.25) is 0 Å². The van der Waals surface area contributed by atoms with Crippen molar-refractivity contribution in [3.63, 3.8) is 0 Å². The second-order valence-electron chi connectivity index (χ2n) is 6.36. The Morgan fingerprint density at radius 2 is 1.79 bits per heavy atom. The van der Waals surface area contributed by atoms with Crippen molar-refractivity contribution in [2.75, 3.05) is 38.2 Å². The summed E-state index contributed by atoms with van der Waals surface area (Å²) < 4.78 is 23.7. The summed E-state index contributed by atoms with van der Waals surface area (Å²) in [6.45, 7) is 8.58. The van der Waals surface area contributed by atoms with Gasteiger partial charge in [-0.25, -0.2) is 8.42 Å². The monoisotopic (exact) mass is 308 g/mol.